The number of hydrogen-bond donors (Lipinski definition) is 0. The van der Waals surface area contributed by atoms with Crippen LogP contribution in [-0.2, 0) is 4.74 Å². The first kappa shape index (κ1) is 9.18. The van der Waals surface area contributed by atoms with E-state index in [0.717, 1.165) is 7.11 Å². The summed E-state index contributed by atoms with van der Waals surface area (Å²) in [7, 11) is 1.16. The summed E-state index contributed by atoms with van der Waals surface area (Å²) in [5, 5.41) is 10.4. The van der Waals surface area contributed by atoms with Crippen LogP contribution >= 0.6 is 0 Å². The Morgan fingerprint density at radius 1 is 1.69 bits per heavy atom. The molecule has 0 aliphatic heterocycles. The van der Waals surface area contributed by atoms with Crippen LogP contribution in [0.3, 0.4) is 0 Å². The number of nitro benzene ring substituents is 1. The molecule has 67 valence electrons. The summed E-state index contributed by atoms with van der Waals surface area (Å²) in [4.78, 5) is 20.8. The molecule has 1 radical (unpaired) electrons. The number of benzene rings is 1. The van der Waals surface area contributed by atoms with Crippen LogP contribution in [0.1, 0.15) is 10.4 Å². The molecule has 0 fully saturated rings. The first-order valence-electron chi connectivity index (χ1n) is 3.40. The minimum atomic E-state index is -0.757. The third kappa shape index (κ3) is 1.81. The van der Waals surface area contributed by atoms with E-state index in [1.807, 2.05) is 0 Å². The Morgan fingerprint density at radius 3 is 2.92 bits per heavy atom. The Hall–Kier alpha value is -1.91. The third-order valence-corrected chi connectivity index (χ3v) is 1.42. The normalized spacial score (nSPS) is 9.31. The smallest absolute Gasteiger partial charge is 0.345 e. The average Bonchev–Trinajstić information content (AvgIpc) is 2.16. The molecule has 0 heterocycles. The zero-order chi connectivity index (χ0) is 9.84. The van der Waals surface area contributed by atoms with E-state index >= 15 is 0 Å². The van der Waals surface area contributed by atoms with E-state index in [1.165, 1.54) is 18.2 Å². The van der Waals surface area contributed by atoms with Crippen LogP contribution in [0.15, 0.2) is 18.2 Å². The number of nitrogens with zero attached hydrogens (tertiary/aromatic N) is 1. The van der Waals surface area contributed by atoms with Crippen molar-refractivity contribution in [1.82, 2.24) is 0 Å². The second kappa shape index (κ2) is 3.66. The monoisotopic (exact) mass is 180 g/mol. The van der Waals surface area contributed by atoms with Crippen LogP contribution in [0.2, 0.25) is 0 Å². The molecule has 0 amide bonds. The van der Waals surface area contributed by atoms with Gasteiger partial charge in [-0.25, -0.2) is 4.79 Å². The van der Waals surface area contributed by atoms with Gasteiger partial charge in [-0.1, -0.05) is 12.1 Å². The van der Waals surface area contributed by atoms with Gasteiger partial charge in [-0.2, -0.15) is 0 Å². The largest absolute Gasteiger partial charge is 0.465 e. The molecule has 0 spiro atoms. The summed E-state index contributed by atoms with van der Waals surface area (Å²) >= 11 is 0. The fourth-order valence-corrected chi connectivity index (χ4v) is 0.846. The summed E-state index contributed by atoms with van der Waals surface area (Å²) in [5.74, 6) is -0.757. The lowest BCUT2D eigenvalue weighted by Crippen LogP contribution is -2.05. The van der Waals surface area contributed by atoms with Crippen LogP contribution in [0.4, 0.5) is 5.69 Å². The molecule has 0 aromatic heterocycles. The van der Waals surface area contributed by atoms with Gasteiger partial charge in [0.2, 0.25) is 0 Å². The topological polar surface area (TPSA) is 69.4 Å². The summed E-state index contributed by atoms with van der Waals surface area (Å²) in [5.41, 5.74) is -0.454. The maximum Gasteiger partial charge on any atom is 0.345 e. The molecule has 0 bridgehead atoms. The summed E-state index contributed by atoms with van der Waals surface area (Å²) in [6, 6.07) is 6.53. The Kier molecular flexibility index (Phi) is 2.59. The molecule has 0 atom stereocenters. The maximum atomic E-state index is 11.0. The first-order valence-corrected chi connectivity index (χ1v) is 3.40. The lowest BCUT2D eigenvalue weighted by atomic mass is 10.2. The van der Waals surface area contributed by atoms with Gasteiger partial charge >= 0.3 is 5.97 Å². The molecular formula is C8H6NO4. The predicted octanol–water partition coefficient (Wildman–Crippen LogP) is 1.18. The zero-order valence-corrected chi connectivity index (χ0v) is 6.81. The van der Waals surface area contributed by atoms with Crippen molar-refractivity contribution in [1.29, 1.82) is 0 Å². The van der Waals surface area contributed by atoms with Crippen molar-refractivity contribution in [3.05, 3.63) is 39.9 Å². The van der Waals surface area contributed by atoms with Gasteiger partial charge in [0.25, 0.3) is 5.69 Å². The van der Waals surface area contributed by atoms with Gasteiger partial charge < -0.3 is 4.74 Å². The van der Waals surface area contributed by atoms with E-state index in [0.29, 0.717) is 0 Å². The lowest BCUT2D eigenvalue weighted by molar-refractivity contribution is -0.385. The van der Waals surface area contributed by atoms with E-state index in [9.17, 15) is 14.9 Å². The van der Waals surface area contributed by atoms with Gasteiger partial charge in [-0.15, -0.1) is 0 Å². The standard InChI is InChI=1S/C8H6NO4/c1-13-8(10)6-4-2-3-5-7(6)9(11)12/h2-3,5H,1H3. The van der Waals surface area contributed by atoms with Crippen LogP contribution in [0.25, 0.3) is 0 Å². The molecule has 0 aliphatic rings. The van der Waals surface area contributed by atoms with E-state index in [-0.39, 0.29) is 11.3 Å². The number of nitro groups is 1. The first-order chi connectivity index (χ1) is 6.16. The molecule has 0 saturated carbocycles. The van der Waals surface area contributed by atoms with Gasteiger partial charge in [-0.05, 0) is 0 Å². The van der Waals surface area contributed by atoms with Gasteiger partial charge in [0.1, 0.15) is 5.56 Å². The summed E-state index contributed by atoms with van der Waals surface area (Å²) < 4.78 is 4.35. The highest BCUT2D eigenvalue weighted by Crippen LogP contribution is 2.17. The van der Waals surface area contributed by atoms with Gasteiger partial charge in [0, 0.05) is 12.1 Å². The van der Waals surface area contributed by atoms with Gasteiger partial charge in [0.05, 0.1) is 12.0 Å². The number of esters is 1. The fourth-order valence-electron chi connectivity index (χ4n) is 0.846. The highest BCUT2D eigenvalue weighted by molar-refractivity contribution is 5.93. The fraction of sp³-hybridized carbons (Fsp3) is 0.125. The number of ether oxygens (including phenoxy) is 1. The quantitative estimate of drug-likeness (QED) is 0.389. The van der Waals surface area contributed by atoms with Crippen LogP contribution < -0.4 is 0 Å². The number of carbonyl (C=O) groups is 1. The Bertz CT molecular complexity index is 348. The lowest BCUT2D eigenvalue weighted by Gasteiger charge is -1.98. The summed E-state index contributed by atoms with van der Waals surface area (Å²) in [6.07, 6.45) is 0. The van der Waals surface area contributed by atoms with E-state index in [1.54, 1.807) is 0 Å². The van der Waals surface area contributed by atoms with Gasteiger partial charge in [-0.3, -0.25) is 10.1 Å². The Morgan fingerprint density at radius 2 is 2.38 bits per heavy atom. The Labute approximate surface area is 74.1 Å². The zero-order valence-electron chi connectivity index (χ0n) is 6.81. The minimum Gasteiger partial charge on any atom is -0.465 e. The summed E-state index contributed by atoms with van der Waals surface area (Å²) in [6.45, 7) is 0. The molecular weight excluding hydrogens is 174 g/mol. The van der Waals surface area contributed by atoms with Crippen LogP contribution in [0.5, 0.6) is 0 Å². The van der Waals surface area contributed by atoms with Crippen molar-refractivity contribution in [2.75, 3.05) is 7.11 Å². The van der Waals surface area contributed by atoms with Crippen LogP contribution in [0, 0.1) is 16.2 Å². The number of hydrogen-bond acceptors (Lipinski definition) is 4. The van der Waals surface area contributed by atoms with Crippen molar-refractivity contribution in [2.45, 2.75) is 0 Å². The molecule has 1 aromatic rings. The third-order valence-electron chi connectivity index (χ3n) is 1.42. The molecule has 1 aromatic carbocycles. The minimum absolute atomic E-state index is 0.157. The number of methoxy groups -OCH3 is 1. The highest BCUT2D eigenvalue weighted by Gasteiger charge is 2.19. The molecule has 1 rings (SSSR count). The van der Waals surface area contributed by atoms with Gasteiger partial charge in [0.15, 0.2) is 0 Å². The second-order valence-corrected chi connectivity index (χ2v) is 2.18. The molecule has 5 nitrogen and oxygen atoms in total. The second-order valence-electron chi connectivity index (χ2n) is 2.18. The molecule has 0 aliphatic carbocycles. The molecule has 0 saturated heterocycles. The molecule has 5 heteroatoms. The van der Waals surface area contributed by atoms with Crippen molar-refractivity contribution >= 4 is 11.7 Å². The number of rotatable bonds is 2. The van der Waals surface area contributed by atoms with E-state index in [4.69, 9.17) is 0 Å². The van der Waals surface area contributed by atoms with Crippen molar-refractivity contribution < 1.29 is 14.5 Å². The Balaban J connectivity index is 3.19. The van der Waals surface area contributed by atoms with Crippen LogP contribution in [-0.4, -0.2) is 18.0 Å². The average molecular weight is 180 g/mol. The molecule has 13 heavy (non-hydrogen) atoms. The maximum absolute atomic E-state index is 11.0. The van der Waals surface area contributed by atoms with Crippen molar-refractivity contribution in [2.24, 2.45) is 0 Å². The predicted molar refractivity (Wildman–Crippen MR) is 43.3 cm³/mol. The SMILES string of the molecule is COC(=O)c1[c]cccc1[N+](=O)[O-]. The highest BCUT2D eigenvalue weighted by atomic mass is 16.6. The number of carbonyl (C=O) groups excluding carboxylic acids is 1. The van der Waals surface area contributed by atoms with Crippen molar-refractivity contribution in [3.8, 4) is 0 Å². The van der Waals surface area contributed by atoms with Crippen molar-refractivity contribution in [3.63, 3.8) is 0 Å². The van der Waals surface area contributed by atoms with E-state index < -0.39 is 10.9 Å². The molecule has 0 N–H and O–H groups in total. The van der Waals surface area contributed by atoms with E-state index in [2.05, 4.69) is 10.8 Å². The molecule has 0 unspecified atom stereocenters.